The average molecular weight is 290 g/mol. The van der Waals surface area contributed by atoms with E-state index in [0.29, 0.717) is 12.1 Å². The number of hydrogen-bond donors (Lipinski definition) is 2. The van der Waals surface area contributed by atoms with Gasteiger partial charge >= 0.3 is 0 Å². The fourth-order valence-corrected chi connectivity index (χ4v) is 3.24. The van der Waals surface area contributed by atoms with E-state index in [4.69, 9.17) is 0 Å². The molecule has 2 N–H and O–H groups in total. The highest BCUT2D eigenvalue weighted by Crippen LogP contribution is 2.27. The highest BCUT2D eigenvalue weighted by Gasteiger charge is 2.25. The molecular formula is C18H30N2O. The SMILES string of the molecule is CCNC(CCN(CCO)C1CCC1)c1ccccc1C. The summed E-state index contributed by atoms with van der Waals surface area (Å²) in [6.07, 6.45) is 5.06. The summed E-state index contributed by atoms with van der Waals surface area (Å²) in [6.45, 7) is 7.50. The first-order valence-electron chi connectivity index (χ1n) is 8.40. The van der Waals surface area contributed by atoms with Crippen LogP contribution in [0.5, 0.6) is 0 Å². The molecule has 0 radical (unpaired) electrons. The molecule has 0 amide bonds. The summed E-state index contributed by atoms with van der Waals surface area (Å²) in [4.78, 5) is 2.48. The Bertz CT molecular complexity index is 417. The Hall–Kier alpha value is -0.900. The lowest BCUT2D eigenvalue weighted by molar-refractivity contribution is 0.0969. The first-order chi connectivity index (χ1) is 10.3. The van der Waals surface area contributed by atoms with Gasteiger partial charge in [0.2, 0.25) is 0 Å². The predicted octanol–water partition coefficient (Wildman–Crippen LogP) is 2.88. The normalized spacial score (nSPS) is 17.0. The maximum absolute atomic E-state index is 9.28. The molecule has 2 rings (SSSR count). The van der Waals surface area contributed by atoms with Gasteiger partial charge in [0.05, 0.1) is 6.61 Å². The van der Waals surface area contributed by atoms with Crippen LogP contribution in [0, 0.1) is 6.92 Å². The topological polar surface area (TPSA) is 35.5 Å². The third-order valence-electron chi connectivity index (χ3n) is 4.70. The van der Waals surface area contributed by atoms with E-state index in [9.17, 15) is 5.11 Å². The molecule has 0 aliphatic heterocycles. The van der Waals surface area contributed by atoms with Crippen LogP contribution in [0.3, 0.4) is 0 Å². The number of rotatable bonds is 9. The van der Waals surface area contributed by atoms with E-state index in [1.54, 1.807) is 0 Å². The quantitative estimate of drug-likeness (QED) is 0.734. The molecule has 0 spiro atoms. The van der Waals surface area contributed by atoms with E-state index >= 15 is 0 Å². The molecule has 0 bridgehead atoms. The van der Waals surface area contributed by atoms with Crippen LogP contribution in [0.2, 0.25) is 0 Å². The third kappa shape index (κ3) is 4.53. The zero-order chi connectivity index (χ0) is 15.1. The molecule has 1 aromatic carbocycles. The molecule has 1 saturated carbocycles. The molecule has 1 aromatic rings. The van der Waals surface area contributed by atoms with Crippen LogP contribution in [0.15, 0.2) is 24.3 Å². The second-order valence-electron chi connectivity index (χ2n) is 6.10. The number of aliphatic hydroxyl groups excluding tert-OH is 1. The molecule has 0 aromatic heterocycles. The van der Waals surface area contributed by atoms with Crippen LogP contribution in [0.25, 0.3) is 0 Å². The lowest BCUT2D eigenvalue weighted by Gasteiger charge is -2.38. The molecule has 118 valence electrons. The Balaban J connectivity index is 1.97. The van der Waals surface area contributed by atoms with Gasteiger partial charge < -0.3 is 10.4 Å². The minimum atomic E-state index is 0.271. The van der Waals surface area contributed by atoms with Crippen molar-refractivity contribution in [1.82, 2.24) is 10.2 Å². The molecule has 0 saturated heterocycles. The van der Waals surface area contributed by atoms with Gasteiger partial charge in [-0.2, -0.15) is 0 Å². The zero-order valence-corrected chi connectivity index (χ0v) is 13.5. The van der Waals surface area contributed by atoms with E-state index in [0.717, 1.165) is 26.1 Å². The van der Waals surface area contributed by atoms with Crippen LogP contribution < -0.4 is 5.32 Å². The maximum Gasteiger partial charge on any atom is 0.0558 e. The van der Waals surface area contributed by atoms with Crippen molar-refractivity contribution in [1.29, 1.82) is 0 Å². The fraction of sp³-hybridized carbons (Fsp3) is 0.667. The van der Waals surface area contributed by atoms with Crippen LogP contribution in [0.1, 0.15) is 49.8 Å². The van der Waals surface area contributed by atoms with Gasteiger partial charge in [-0.3, -0.25) is 4.90 Å². The van der Waals surface area contributed by atoms with Gasteiger partial charge in [-0.05, 0) is 43.9 Å². The number of nitrogens with one attached hydrogen (secondary N) is 1. The Morgan fingerprint density at radius 3 is 2.62 bits per heavy atom. The van der Waals surface area contributed by atoms with Gasteiger partial charge in [0.15, 0.2) is 0 Å². The first-order valence-corrected chi connectivity index (χ1v) is 8.40. The lowest BCUT2D eigenvalue weighted by atomic mass is 9.90. The summed E-state index contributed by atoms with van der Waals surface area (Å²) in [5, 5.41) is 12.9. The van der Waals surface area contributed by atoms with Crippen molar-refractivity contribution in [2.45, 2.75) is 51.6 Å². The Morgan fingerprint density at radius 1 is 1.29 bits per heavy atom. The van der Waals surface area contributed by atoms with Crippen molar-refractivity contribution in [3.8, 4) is 0 Å². The second kappa shape index (κ2) is 8.52. The average Bonchev–Trinajstić information content (AvgIpc) is 2.42. The summed E-state index contributed by atoms with van der Waals surface area (Å²) in [5.41, 5.74) is 2.78. The van der Waals surface area contributed by atoms with E-state index in [1.165, 1.54) is 30.4 Å². The zero-order valence-electron chi connectivity index (χ0n) is 13.5. The lowest BCUT2D eigenvalue weighted by Crippen LogP contribution is -2.43. The summed E-state index contributed by atoms with van der Waals surface area (Å²) < 4.78 is 0. The summed E-state index contributed by atoms with van der Waals surface area (Å²) in [6, 6.07) is 9.78. The summed E-state index contributed by atoms with van der Waals surface area (Å²) >= 11 is 0. The van der Waals surface area contributed by atoms with Crippen molar-refractivity contribution in [3.05, 3.63) is 35.4 Å². The first kappa shape index (κ1) is 16.5. The van der Waals surface area contributed by atoms with Gasteiger partial charge in [-0.1, -0.05) is 37.6 Å². The van der Waals surface area contributed by atoms with Crippen molar-refractivity contribution in [2.75, 3.05) is 26.2 Å². The maximum atomic E-state index is 9.28. The molecule has 1 atom stereocenters. The highest BCUT2D eigenvalue weighted by molar-refractivity contribution is 5.28. The Labute approximate surface area is 129 Å². The van der Waals surface area contributed by atoms with Gasteiger partial charge in [-0.25, -0.2) is 0 Å². The molecule has 1 aliphatic rings. The fourth-order valence-electron chi connectivity index (χ4n) is 3.24. The van der Waals surface area contributed by atoms with Crippen LogP contribution >= 0.6 is 0 Å². The minimum absolute atomic E-state index is 0.271. The standard InChI is InChI=1S/C18H30N2O/c1-3-19-18(17-10-5-4-7-15(17)2)11-12-20(13-14-21)16-8-6-9-16/h4-5,7,10,16,18-19,21H,3,6,8-9,11-14H2,1-2H3. The van der Waals surface area contributed by atoms with Gasteiger partial charge in [0.25, 0.3) is 0 Å². The summed E-state index contributed by atoms with van der Waals surface area (Å²) in [7, 11) is 0. The Morgan fingerprint density at radius 2 is 2.05 bits per heavy atom. The van der Waals surface area contributed by atoms with Gasteiger partial charge in [-0.15, -0.1) is 0 Å². The Kier molecular flexibility index (Phi) is 6.68. The smallest absolute Gasteiger partial charge is 0.0558 e. The van der Waals surface area contributed by atoms with Crippen molar-refractivity contribution >= 4 is 0 Å². The molecular weight excluding hydrogens is 260 g/mol. The largest absolute Gasteiger partial charge is 0.395 e. The summed E-state index contributed by atoms with van der Waals surface area (Å²) in [5.74, 6) is 0. The van der Waals surface area contributed by atoms with Crippen molar-refractivity contribution < 1.29 is 5.11 Å². The van der Waals surface area contributed by atoms with E-state index in [-0.39, 0.29) is 6.61 Å². The molecule has 1 fully saturated rings. The van der Waals surface area contributed by atoms with Gasteiger partial charge in [0.1, 0.15) is 0 Å². The molecule has 21 heavy (non-hydrogen) atoms. The van der Waals surface area contributed by atoms with Gasteiger partial charge in [0, 0.05) is 25.2 Å². The molecule has 1 unspecified atom stereocenters. The van der Waals surface area contributed by atoms with E-state index < -0.39 is 0 Å². The van der Waals surface area contributed by atoms with E-state index in [2.05, 4.69) is 48.3 Å². The number of aliphatic hydroxyl groups is 1. The number of aryl methyl sites for hydroxylation is 1. The number of nitrogens with zero attached hydrogens (tertiary/aromatic N) is 1. The third-order valence-corrected chi connectivity index (χ3v) is 4.70. The number of hydrogen-bond acceptors (Lipinski definition) is 3. The van der Waals surface area contributed by atoms with Crippen LogP contribution in [-0.4, -0.2) is 42.3 Å². The number of benzene rings is 1. The van der Waals surface area contributed by atoms with Crippen molar-refractivity contribution in [3.63, 3.8) is 0 Å². The molecule has 3 heteroatoms. The van der Waals surface area contributed by atoms with Crippen LogP contribution in [0.4, 0.5) is 0 Å². The van der Waals surface area contributed by atoms with E-state index in [1.807, 2.05) is 0 Å². The van der Waals surface area contributed by atoms with Crippen molar-refractivity contribution in [2.24, 2.45) is 0 Å². The predicted molar refractivity (Wildman–Crippen MR) is 88.5 cm³/mol. The second-order valence-corrected chi connectivity index (χ2v) is 6.10. The highest BCUT2D eigenvalue weighted by atomic mass is 16.3. The minimum Gasteiger partial charge on any atom is -0.395 e. The molecule has 1 aliphatic carbocycles. The van der Waals surface area contributed by atoms with Crippen LogP contribution in [-0.2, 0) is 0 Å². The molecule has 3 nitrogen and oxygen atoms in total. The monoisotopic (exact) mass is 290 g/mol. The molecule has 0 heterocycles.